The molecule has 2 aliphatic rings. The van der Waals surface area contributed by atoms with Gasteiger partial charge < -0.3 is 25.2 Å². The molecular formula is C37H46ClN7O3. The van der Waals surface area contributed by atoms with E-state index in [1.54, 1.807) is 12.3 Å². The van der Waals surface area contributed by atoms with Gasteiger partial charge in [0.25, 0.3) is 5.56 Å². The van der Waals surface area contributed by atoms with Crippen LogP contribution in [0.5, 0.6) is 0 Å². The fraction of sp³-hybridized carbons (Fsp3) is 0.459. The minimum atomic E-state index is -0.568. The number of alkyl carbamates (subject to hydrolysis) is 1. The van der Waals surface area contributed by atoms with E-state index in [1.165, 1.54) is 11.3 Å². The van der Waals surface area contributed by atoms with Crippen LogP contribution in [0, 0.1) is 13.8 Å². The molecule has 254 valence electrons. The van der Waals surface area contributed by atoms with Crippen molar-refractivity contribution in [3.05, 3.63) is 75.2 Å². The molecule has 1 aliphatic heterocycles. The Morgan fingerprint density at radius 2 is 1.71 bits per heavy atom. The molecule has 1 saturated heterocycles. The smallest absolute Gasteiger partial charge is 0.407 e. The number of halogens is 1. The molecule has 0 spiro atoms. The van der Waals surface area contributed by atoms with E-state index < -0.39 is 11.7 Å². The van der Waals surface area contributed by atoms with Crippen LogP contribution in [0.25, 0.3) is 22.2 Å². The van der Waals surface area contributed by atoms with Gasteiger partial charge in [-0.1, -0.05) is 29.8 Å². The quantitative estimate of drug-likeness (QED) is 0.221. The fourth-order valence-electron chi connectivity index (χ4n) is 6.93. The van der Waals surface area contributed by atoms with Gasteiger partial charge in [-0.05, 0) is 103 Å². The Kier molecular flexibility index (Phi) is 9.67. The molecule has 0 bridgehead atoms. The molecular weight excluding hydrogens is 626 g/mol. The van der Waals surface area contributed by atoms with Gasteiger partial charge in [-0.2, -0.15) is 4.98 Å². The second-order valence-electron chi connectivity index (χ2n) is 14.2. The third-order valence-electron chi connectivity index (χ3n) is 9.43. The predicted molar refractivity (Wildman–Crippen MR) is 194 cm³/mol. The number of likely N-dealkylation sites (N-methyl/N-ethyl adjacent to an activating group) is 1. The van der Waals surface area contributed by atoms with Crippen molar-refractivity contribution in [1.82, 2.24) is 24.8 Å². The van der Waals surface area contributed by atoms with Crippen LogP contribution in [-0.4, -0.2) is 70.4 Å². The molecule has 6 rings (SSSR count). The zero-order chi connectivity index (χ0) is 34.2. The molecule has 10 nitrogen and oxygen atoms in total. The number of nitrogens with one attached hydrogen (secondary N) is 2. The molecule has 2 N–H and O–H groups in total. The number of aromatic nitrogens is 3. The van der Waals surface area contributed by atoms with Gasteiger partial charge >= 0.3 is 6.09 Å². The number of ether oxygens (including phenoxy) is 1. The lowest BCUT2D eigenvalue weighted by Crippen LogP contribution is -2.44. The number of carbonyl (C=O) groups excluding carboxylic acids is 1. The van der Waals surface area contributed by atoms with E-state index in [0.29, 0.717) is 53.4 Å². The number of pyridine rings is 1. The van der Waals surface area contributed by atoms with Gasteiger partial charge in [-0.3, -0.25) is 9.36 Å². The van der Waals surface area contributed by atoms with Crippen LogP contribution in [0.3, 0.4) is 0 Å². The van der Waals surface area contributed by atoms with Crippen molar-refractivity contribution in [2.45, 2.75) is 78.0 Å². The summed E-state index contributed by atoms with van der Waals surface area (Å²) >= 11 is 6.65. The number of hydrogen-bond donors (Lipinski definition) is 2. The highest BCUT2D eigenvalue weighted by atomic mass is 35.5. The molecule has 11 heteroatoms. The Bertz CT molecular complexity index is 1870. The topological polar surface area (TPSA) is 105 Å². The highest BCUT2D eigenvalue weighted by Crippen LogP contribution is 2.35. The summed E-state index contributed by atoms with van der Waals surface area (Å²) in [6.07, 6.45) is 4.20. The van der Waals surface area contributed by atoms with Crippen LogP contribution >= 0.6 is 11.6 Å². The molecule has 0 unspecified atom stereocenters. The monoisotopic (exact) mass is 671 g/mol. The highest BCUT2D eigenvalue weighted by Gasteiger charge is 2.29. The van der Waals surface area contributed by atoms with Crippen molar-refractivity contribution in [3.8, 4) is 11.1 Å². The standard InChI is InChI=1S/C37H46ClN7O3/c1-23-21-26(13-16-31(23)44-19-17-43(6)18-20-44)40-35-39-22-29-24(2)32(28-9-7-8-10-30(28)38)34(46)45(33(29)42-35)27-14-11-25(12-15-27)41-36(47)48-37(3,4)5/h7-10,13,16,21-22,25,27H,11-12,14-15,17-20H2,1-6H3,(H,41,47)(H,39,40,42)/t25-,27-. The molecule has 1 saturated carbocycles. The van der Waals surface area contributed by atoms with Crippen LogP contribution in [0.15, 0.2) is 53.5 Å². The van der Waals surface area contributed by atoms with E-state index in [1.807, 2.05) is 50.5 Å². The van der Waals surface area contributed by atoms with E-state index in [0.717, 1.165) is 42.8 Å². The maximum absolute atomic E-state index is 14.5. The van der Waals surface area contributed by atoms with E-state index in [-0.39, 0.29) is 17.6 Å². The van der Waals surface area contributed by atoms with Gasteiger partial charge in [0.05, 0.1) is 5.56 Å². The van der Waals surface area contributed by atoms with Crippen molar-refractivity contribution in [2.75, 3.05) is 43.4 Å². The first kappa shape index (κ1) is 33.7. The van der Waals surface area contributed by atoms with Crippen molar-refractivity contribution in [3.63, 3.8) is 0 Å². The Labute approximate surface area is 287 Å². The molecule has 48 heavy (non-hydrogen) atoms. The summed E-state index contributed by atoms with van der Waals surface area (Å²) in [5, 5.41) is 7.73. The number of nitrogens with zero attached hydrogens (tertiary/aromatic N) is 5. The number of anilines is 3. The summed E-state index contributed by atoms with van der Waals surface area (Å²) < 4.78 is 7.32. The van der Waals surface area contributed by atoms with E-state index in [9.17, 15) is 9.59 Å². The molecule has 2 aromatic carbocycles. The molecule has 0 radical (unpaired) electrons. The number of aryl methyl sites for hydroxylation is 2. The van der Waals surface area contributed by atoms with Gasteiger partial charge in [0.2, 0.25) is 5.95 Å². The molecule has 4 aromatic rings. The average Bonchev–Trinajstić information content (AvgIpc) is 3.02. The zero-order valence-corrected chi connectivity index (χ0v) is 29.5. The largest absolute Gasteiger partial charge is 0.444 e. The summed E-state index contributed by atoms with van der Waals surface area (Å²) in [4.78, 5) is 41.5. The van der Waals surface area contributed by atoms with Crippen molar-refractivity contribution in [1.29, 1.82) is 0 Å². The third-order valence-corrected chi connectivity index (χ3v) is 9.76. The number of amides is 1. The number of benzene rings is 2. The van der Waals surface area contributed by atoms with Gasteiger partial charge in [0.1, 0.15) is 11.2 Å². The number of carbonyl (C=O) groups is 1. The predicted octanol–water partition coefficient (Wildman–Crippen LogP) is 7.23. The molecule has 1 amide bonds. The SMILES string of the molecule is Cc1cc(Nc2ncc3c(C)c(-c4ccccc4Cl)c(=O)n([C@H]4CC[C@H](NC(=O)OC(C)(C)C)CC4)c3n2)ccc1N1CCN(C)CC1. The average molecular weight is 672 g/mol. The minimum absolute atomic E-state index is 0.0320. The van der Waals surface area contributed by atoms with Gasteiger partial charge in [0.15, 0.2) is 0 Å². The second kappa shape index (κ2) is 13.8. The second-order valence-corrected chi connectivity index (χ2v) is 14.6. The van der Waals surface area contributed by atoms with Gasteiger partial charge in [0, 0.05) is 71.8 Å². The normalized spacial score (nSPS) is 18.9. The first-order valence-corrected chi connectivity index (χ1v) is 17.2. The lowest BCUT2D eigenvalue weighted by atomic mass is 9.90. The zero-order valence-electron chi connectivity index (χ0n) is 28.8. The van der Waals surface area contributed by atoms with E-state index in [4.69, 9.17) is 26.3 Å². The Balaban J connectivity index is 1.33. The molecule has 2 fully saturated rings. The molecule has 3 heterocycles. The van der Waals surface area contributed by atoms with Crippen molar-refractivity contribution in [2.24, 2.45) is 0 Å². The van der Waals surface area contributed by atoms with Crippen LogP contribution < -0.4 is 21.1 Å². The Morgan fingerprint density at radius 1 is 1.00 bits per heavy atom. The van der Waals surface area contributed by atoms with E-state index in [2.05, 4.69) is 52.6 Å². The first-order chi connectivity index (χ1) is 22.9. The first-order valence-electron chi connectivity index (χ1n) is 16.9. The van der Waals surface area contributed by atoms with Gasteiger partial charge in [-0.15, -0.1) is 0 Å². The summed E-state index contributed by atoms with van der Waals surface area (Å²) in [7, 11) is 2.16. The Hall–Kier alpha value is -4.15. The molecule has 2 aromatic heterocycles. The maximum Gasteiger partial charge on any atom is 0.407 e. The van der Waals surface area contributed by atoms with E-state index >= 15 is 0 Å². The molecule has 1 aliphatic carbocycles. The van der Waals surface area contributed by atoms with Crippen molar-refractivity contribution < 1.29 is 9.53 Å². The summed E-state index contributed by atoms with van der Waals surface area (Å²) in [5.41, 5.74) is 5.23. The van der Waals surface area contributed by atoms with Crippen LogP contribution in [0.1, 0.15) is 63.6 Å². The Morgan fingerprint density at radius 3 is 2.38 bits per heavy atom. The highest BCUT2D eigenvalue weighted by molar-refractivity contribution is 6.33. The minimum Gasteiger partial charge on any atom is -0.444 e. The number of piperazine rings is 1. The van der Waals surface area contributed by atoms with Crippen LogP contribution in [0.4, 0.5) is 22.1 Å². The van der Waals surface area contributed by atoms with Gasteiger partial charge in [-0.25, -0.2) is 9.78 Å². The summed E-state index contributed by atoms with van der Waals surface area (Å²) in [6, 6.07) is 13.6. The summed E-state index contributed by atoms with van der Waals surface area (Å²) in [5.74, 6) is 0.424. The lowest BCUT2D eigenvalue weighted by molar-refractivity contribution is 0.0488. The summed E-state index contributed by atoms with van der Waals surface area (Å²) in [6.45, 7) is 13.7. The number of fused-ring (bicyclic) bond motifs is 1. The molecule has 0 atom stereocenters. The lowest BCUT2D eigenvalue weighted by Gasteiger charge is -2.35. The fourth-order valence-corrected chi connectivity index (χ4v) is 7.16. The number of rotatable bonds is 6. The van der Waals surface area contributed by atoms with Crippen LogP contribution in [0.2, 0.25) is 5.02 Å². The number of hydrogen-bond acceptors (Lipinski definition) is 8. The maximum atomic E-state index is 14.5. The van der Waals surface area contributed by atoms with Crippen LogP contribution in [-0.2, 0) is 4.74 Å². The third kappa shape index (κ3) is 7.29. The van der Waals surface area contributed by atoms with Crippen molar-refractivity contribution >= 4 is 46.1 Å².